The second kappa shape index (κ2) is 7.55. The molecule has 1 N–H and O–H groups in total. The van der Waals surface area contributed by atoms with E-state index in [0.717, 1.165) is 31.7 Å². The highest BCUT2D eigenvalue weighted by molar-refractivity contribution is 5.83. The van der Waals surface area contributed by atoms with Crippen molar-refractivity contribution in [3.63, 3.8) is 0 Å². The number of methoxy groups -OCH3 is 1. The van der Waals surface area contributed by atoms with Gasteiger partial charge in [-0.05, 0) is 67.5 Å². The van der Waals surface area contributed by atoms with Crippen molar-refractivity contribution in [3.05, 3.63) is 65.4 Å². The highest BCUT2D eigenvalue weighted by atomic mass is 16.5. The molecule has 0 aliphatic heterocycles. The van der Waals surface area contributed by atoms with Gasteiger partial charge in [0.15, 0.2) is 0 Å². The lowest BCUT2D eigenvalue weighted by Crippen LogP contribution is -2.28. The summed E-state index contributed by atoms with van der Waals surface area (Å²) in [5, 5.41) is 1.36. The lowest BCUT2D eigenvalue weighted by atomic mass is 9.82. The molecule has 0 amide bonds. The van der Waals surface area contributed by atoms with Crippen LogP contribution in [0.3, 0.4) is 0 Å². The zero-order chi connectivity index (χ0) is 17.9. The van der Waals surface area contributed by atoms with Crippen LogP contribution in [0.15, 0.2) is 48.7 Å². The number of hydrogen-bond acceptors (Lipinski definition) is 2. The van der Waals surface area contributed by atoms with Crippen LogP contribution in [0.25, 0.3) is 10.9 Å². The maximum Gasteiger partial charge on any atom is 0.122 e. The number of benzene rings is 2. The topological polar surface area (TPSA) is 28.3 Å². The van der Waals surface area contributed by atoms with Gasteiger partial charge < -0.3 is 14.6 Å². The highest BCUT2D eigenvalue weighted by Gasteiger charge is 2.23. The molecule has 26 heavy (non-hydrogen) atoms. The summed E-state index contributed by atoms with van der Waals surface area (Å²) in [5.74, 6) is 1.68. The van der Waals surface area contributed by atoms with Crippen molar-refractivity contribution in [2.75, 3.05) is 27.2 Å². The Hall–Kier alpha value is -2.26. The normalized spacial score (nSPS) is 16.8. The zero-order valence-corrected chi connectivity index (χ0v) is 15.8. The Morgan fingerprint density at radius 1 is 1.15 bits per heavy atom. The molecule has 3 nitrogen and oxygen atoms in total. The van der Waals surface area contributed by atoms with E-state index in [1.165, 1.54) is 40.4 Å². The molecule has 3 aromatic rings. The van der Waals surface area contributed by atoms with Gasteiger partial charge in [0.2, 0.25) is 0 Å². The predicted octanol–water partition coefficient (Wildman–Crippen LogP) is 4.77. The molecule has 1 atom stereocenters. The Morgan fingerprint density at radius 2 is 2.04 bits per heavy atom. The number of nitrogens with zero attached hydrogens (tertiary/aromatic N) is 1. The van der Waals surface area contributed by atoms with Crippen LogP contribution in [-0.2, 0) is 12.8 Å². The Morgan fingerprint density at radius 3 is 2.92 bits per heavy atom. The molecular formula is C23H28N2O. The van der Waals surface area contributed by atoms with Gasteiger partial charge in [-0.25, -0.2) is 0 Å². The summed E-state index contributed by atoms with van der Waals surface area (Å²) in [7, 11) is 4.04. The predicted molar refractivity (Wildman–Crippen MR) is 108 cm³/mol. The highest BCUT2D eigenvalue weighted by Crippen LogP contribution is 2.36. The maximum atomic E-state index is 5.59. The summed E-state index contributed by atoms with van der Waals surface area (Å²) < 4.78 is 5.59. The number of hydrogen-bond donors (Lipinski definition) is 1. The first-order valence-corrected chi connectivity index (χ1v) is 9.65. The molecule has 0 saturated heterocycles. The number of nitrogens with one attached hydrogen (secondary N) is 1. The van der Waals surface area contributed by atoms with E-state index >= 15 is 0 Å². The van der Waals surface area contributed by atoms with Gasteiger partial charge in [-0.2, -0.15) is 0 Å². The quantitative estimate of drug-likeness (QED) is 0.695. The molecule has 136 valence electrons. The first-order chi connectivity index (χ1) is 12.8. The molecule has 1 heterocycles. The maximum absolute atomic E-state index is 5.59. The van der Waals surface area contributed by atoms with E-state index in [1.54, 1.807) is 7.11 Å². The second-order valence-corrected chi connectivity index (χ2v) is 7.49. The van der Waals surface area contributed by atoms with Gasteiger partial charge in [-0.15, -0.1) is 0 Å². The third-order valence-corrected chi connectivity index (χ3v) is 5.78. The second-order valence-electron chi connectivity index (χ2n) is 7.49. The van der Waals surface area contributed by atoms with Crippen LogP contribution in [0.1, 0.15) is 35.4 Å². The SMILES string of the molecule is COc1cccc2c1CCC[C@H]2CN(C)CCc1c[nH]c2ccccc12. The largest absolute Gasteiger partial charge is 0.496 e. The minimum absolute atomic E-state index is 0.613. The monoisotopic (exact) mass is 348 g/mol. The number of ether oxygens (including phenoxy) is 1. The van der Waals surface area contributed by atoms with Gasteiger partial charge in [-0.1, -0.05) is 30.3 Å². The minimum Gasteiger partial charge on any atom is -0.496 e. The molecule has 1 aromatic heterocycles. The summed E-state index contributed by atoms with van der Waals surface area (Å²) in [4.78, 5) is 5.87. The fourth-order valence-corrected chi connectivity index (χ4v) is 4.41. The van der Waals surface area contributed by atoms with Gasteiger partial charge in [0.05, 0.1) is 7.11 Å². The van der Waals surface area contributed by atoms with Crippen LogP contribution in [-0.4, -0.2) is 37.1 Å². The van der Waals surface area contributed by atoms with Gasteiger partial charge >= 0.3 is 0 Å². The van der Waals surface area contributed by atoms with Crippen LogP contribution < -0.4 is 4.74 Å². The molecule has 0 saturated carbocycles. The van der Waals surface area contributed by atoms with E-state index in [9.17, 15) is 0 Å². The number of aromatic amines is 1. The molecule has 0 spiro atoms. The lowest BCUT2D eigenvalue weighted by Gasteiger charge is -2.30. The van der Waals surface area contributed by atoms with Gasteiger partial charge in [-0.3, -0.25) is 0 Å². The van der Waals surface area contributed by atoms with E-state index in [-0.39, 0.29) is 0 Å². The Kier molecular flexibility index (Phi) is 4.98. The minimum atomic E-state index is 0.613. The fourth-order valence-electron chi connectivity index (χ4n) is 4.41. The van der Waals surface area contributed by atoms with E-state index < -0.39 is 0 Å². The average Bonchev–Trinajstić information content (AvgIpc) is 3.09. The number of H-pyrrole nitrogens is 1. The van der Waals surface area contributed by atoms with E-state index in [2.05, 4.69) is 65.6 Å². The molecule has 1 aliphatic carbocycles. The summed E-state index contributed by atoms with van der Waals surface area (Å²) >= 11 is 0. The number of rotatable bonds is 6. The molecular weight excluding hydrogens is 320 g/mol. The number of para-hydroxylation sites is 1. The van der Waals surface area contributed by atoms with Crippen LogP contribution in [0.2, 0.25) is 0 Å². The molecule has 2 aromatic carbocycles. The Bertz CT molecular complexity index is 883. The molecule has 3 heteroatoms. The van der Waals surface area contributed by atoms with Gasteiger partial charge in [0, 0.05) is 30.2 Å². The molecule has 0 unspecified atom stereocenters. The first-order valence-electron chi connectivity index (χ1n) is 9.65. The molecule has 4 rings (SSSR count). The van der Waals surface area contributed by atoms with E-state index in [1.807, 2.05) is 0 Å². The van der Waals surface area contributed by atoms with Crippen molar-refractivity contribution < 1.29 is 4.74 Å². The first kappa shape index (κ1) is 17.2. The van der Waals surface area contributed by atoms with Crippen molar-refractivity contribution >= 4 is 10.9 Å². The number of likely N-dealkylation sites (N-methyl/N-ethyl adjacent to an activating group) is 1. The van der Waals surface area contributed by atoms with Crippen LogP contribution >= 0.6 is 0 Å². The fraction of sp³-hybridized carbons (Fsp3) is 0.391. The van der Waals surface area contributed by atoms with Crippen molar-refractivity contribution in [1.29, 1.82) is 0 Å². The van der Waals surface area contributed by atoms with E-state index in [0.29, 0.717) is 5.92 Å². The Labute approximate surface area is 156 Å². The third-order valence-electron chi connectivity index (χ3n) is 5.78. The number of fused-ring (bicyclic) bond motifs is 2. The van der Waals surface area contributed by atoms with Crippen molar-refractivity contribution in [3.8, 4) is 5.75 Å². The molecule has 0 radical (unpaired) electrons. The van der Waals surface area contributed by atoms with Crippen molar-refractivity contribution in [1.82, 2.24) is 9.88 Å². The van der Waals surface area contributed by atoms with Gasteiger partial charge in [0.25, 0.3) is 0 Å². The van der Waals surface area contributed by atoms with Crippen LogP contribution in [0.4, 0.5) is 0 Å². The summed E-state index contributed by atoms with van der Waals surface area (Å²) in [5.41, 5.74) is 5.57. The van der Waals surface area contributed by atoms with Crippen molar-refractivity contribution in [2.45, 2.75) is 31.6 Å². The van der Waals surface area contributed by atoms with Gasteiger partial charge in [0.1, 0.15) is 5.75 Å². The zero-order valence-electron chi connectivity index (χ0n) is 15.8. The summed E-state index contributed by atoms with van der Waals surface area (Å²) in [6, 6.07) is 15.1. The van der Waals surface area contributed by atoms with Crippen LogP contribution in [0, 0.1) is 0 Å². The smallest absolute Gasteiger partial charge is 0.122 e. The standard InChI is InChI=1S/C23H28N2O/c1-25(14-13-17-15-24-22-11-4-3-8-20(17)22)16-18-7-5-10-21-19(18)9-6-12-23(21)26-2/h3-4,6,8-9,11-12,15,18,24H,5,7,10,13-14,16H2,1-2H3/t18-/m0/s1. The van der Waals surface area contributed by atoms with Crippen molar-refractivity contribution in [2.24, 2.45) is 0 Å². The average molecular weight is 348 g/mol. The Balaban J connectivity index is 1.42. The van der Waals surface area contributed by atoms with E-state index in [4.69, 9.17) is 4.74 Å². The summed E-state index contributed by atoms with van der Waals surface area (Å²) in [6.45, 7) is 2.19. The lowest BCUT2D eigenvalue weighted by molar-refractivity contribution is 0.299. The third kappa shape index (κ3) is 3.36. The molecule has 1 aliphatic rings. The number of aromatic nitrogens is 1. The summed E-state index contributed by atoms with van der Waals surface area (Å²) in [6.07, 6.45) is 6.93. The molecule has 0 bridgehead atoms. The van der Waals surface area contributed by atoms with Crippen LogP contribution in [0.5, 0.6) is 5.75 Å². The molecule has 0 fully saturated rings.